The van der Waals surface area contributed by atoms with Crippen LogP contribution in [0, 0.1) is 0 Å². The molecular formula is C51H88. The molecule has 292 valence electrons. The molecule has 0 radical (unpaired) electrons. The summed E-state index contributed by atoms with van der Waals surface area (Å²) < 4.78 is 0. The SMILES string of the molecule is CCCCCCCCCCCCc1cc(CCCCCCCCC)c(CCCCCCCCC)c(CCCCCCCCC)c1-c1ccccc1. The molecule has 0 aromatic heterocycles. The van der Waals surface area contributed by atoms with Gasteiger partial charge in [0, 0.05) is 0 Å². The lowest BCUT2D eigenvalue weighted by Gasteiger charge is -2.24. The molecule has 0 saturated carbocycles. The van der Waals surface area contributed by atoms with Crippen molar-refractivity contribution in [2.45, 2.75) is 252 Å². The Bertz CT molecular complexity index is 1030. The third-order valence-electron chi connectivity index (χ3n) is 11.7. The van der Waals surface area contributed by atoms with Gasteiger partial charge in [0.05, 0.1) is 0 Å². The van der Waals surface area contributed by atoms with Crippen molar-refractivity contribution in [2.75, 3.05) is 0 Å². The molecule has 0 aliphatic heterocycles. The summed E-state index contributed by atoms with van der Waals surface area (Å²) in [7, 11) is 0. The second-order valence-corrected chi connectivity index (χ2v) is 16.4. The summed E-state index contributed by atoms with van der Waals surface area (Å²) in [5.41, 5.74) is 10.1. The van der Waals surface area contributed by atoms with Gasteiger partial charge in [-0.2, -0.15) is 0 Å². The molecule has 0 unspecified atom stereocenters. The van der Waals surface area contributed by atoms with Crippen LogP contribution in [0.3, 0.4) is 0 Å². The summed E-state index contributed by atoms with van der Waals surface area (Å²) in [6, 6.07) is 14.4. The van der Waals surface area contributed by atoms with Crippen LogP contribution in [0.1, 0.15) is 249 Å². The minimum absolute atomic E-state index is 1.26. The Kier molecular flexibility index (Phi) is 29.5. The Morgan fingerprint density at radius 1 is 0.294 bits per heavy atom. The first-order valence-electron chi connectivity index (χ1n) is 23.5. The summed E-state index contributed by atoms with van der Waals surface area (Å²) in [6.07, 6.45) is 48.6. The van der Waals surface area contributed by atoms with E-state index < -0.39 is 0 Å². The van der Waals surface area contributed by atoms with E-state index in [-0.39, 0.29) is 0 Å². The van der Waals surface area contributed by atoms with E-state index in [9.17, 15) is 0 Å². The molecule has 0 bridgehead atoms. The number of hydrogen-bond donors (Lipinski definition) is 0. The van der Waals surface area contributed by atoms with Gasteiger partial charge in [-0.1, -0.05) is 237 Å². The lowest BCUT2D eigenvalue weighted by Crippen LogP contribution is -2.08. The van der Waals surface area contributed by atoms with E-state index in [1.165, 1.54) is 230 Å². The molecule has 0 saturated heterocycles. The maximum absolute atomic E-state index is 2.76. The minimum Gasteiger partial charge on any atom is -0.0654 e. The zero-order valence-corrected chi connectivity index (χ0v) is 35.2. The van der Waals surface area contributed by atoms with Crippen LogP contribution < -0.4 is 0 Å². The third kappa shape index (κ3) is 21.7. The largest absolute Gasteiger partial charge is 0.0654 e. The Morgan fingerprint density at radius 2 is 0.608 bits per heavy atom. The third-order valence-corrected chi connectivity index (χ3v) is 11.7. The van der Waals surface area contributed by atoms with Gasteiger partial charge >= 0.3 is 0 Å². The molecule has 0 amide bonds. The molecule has 0 atom stereocenters. The average molecular weight is 701 g/mol. The van der Waals surface area contributed by atoms with Crippen LogP contribution in [0.5, 0.6) is 0 Å². The molecule has 51 heavy (non-hydrogen) atoms. The highest BCUT2D eigenvalue weighted by molar-refractivity contribution is 5.74. The first-order chi connectivity index (χ1) is 25.3. The minimum atomic E-state index is 1.26. The van der Waals surface area contributed by atoms with Crippen LogP contribution in [0.4, 0.5) is 0 Å². The van der Waals surface area contributed by atoms with Crippen molar-refractivity contribution in [1.29, 1.82) is 0 Å². The van der Waals surface area contributed by atoms with E-state index in [0.717, 1.165) is 0 Å². The smallest absolute Gasteiger partial charge is 0.0117 e. The summed E-state index contributed by atoms with van der Waals surface area (Å²) in [5.74, 6) is 0. The molecule has 0 aliphatic rings. The van der Waals surface area contributed by atoms with Gasteiger partial charge in [0.1, 0.15) is 0 Å². The van der Waals surface area contributed by atoms with E-state index in [4.69, 9.17) is 0 Å². The van der Waals surface area contributed by atoms with Crippen molar-refractivity contribution in [3.63, 3.8) is 0 Å². The maximum Gasteiger partial charge on any atom is -0.0117 e. The Hall–Kier alpha value is -1.56. The van der Waals surface area contributed by atoms with Crippen LogP contribution in [0.15, 0.2) is 36.4 Å². The highest BCUT2D eigenvalue weighted by atomic mass is 14.2. The molecule has 2 rings (SSSR count). The molecule has 0 heteroatoms. The average Bonchev–Trinajstić information content (AvgIpc) is 3.15. The Balaban J connectivity index is 2.31. The highest BCUT2D eigenvalue weighted by Crippen LogP contribution is 2.37. The molecule has 0 N–H and O–H groups in total. The number of hydrogen-bond acceptors (Lipinski definition) is 0. The van der Waals surface area contributed by atoms with E-state index in [1.807, 2.05) is 0 Å². The Morgan fingerprint density at radius 3 is 1.00 bits per heavy atom. The summed E-state index contributed by atoms with van der Waals surface area (Å²) in [5, 5.41) is 0. The fourth-order valence-electron chi connectivity index (χ4n) is 8.47. The summed E-state index contributed by atoms with van der Waals surface area (Å²) in [4.78, 5) is 0. The van der Waals surface area contributed by atoms with Crippen molar-refractivity contribution < 1.29 is 0 Å². The molecule has 0 heterocycles. The predicted molar refractivity (Wildman–Crippen MR) is 233 cm³/mol. The van der Waals surface area contributed by atoms with Crippen molar-refractivity contribution in [3.05, 3.63) is 58.7 Å². The predicted octanol–water partition coefficient (Wildman–Crippen LogP) is 17.7. The van der Waals surface area contributed by atoms with Crippen molar-refractivity contribution >= 4 is 0 Å². The topological polar surface area (TPSA) is 0 Å². The van der Waals surface area contributed by atoms with Crippen LogP contribution in [-0.4, -0.2) is 0 Å². The molecule has 0 aliphatic carbocycles. The molecule has 0 fully saturated rings. The van der Waals surface area contributed by atoms with Gasteiger partial charge in [-0.05, 0) is 84.7 Å². The van der Waals surface area contributed by atoms with Gasteiger partial charge in [0.15, 0.2) is 0 Å². The number of benzene rings is 2. The lowest BCUT2D eigenvalue weighted by molar-refractivity contribution is 0.556. The number of unbranched alkanes of at least 4 members (excludes halogenated alkanes) is 27. The van der Waals surface area contributed by atoms with Gasteiger partial charge in [-0.25, -0.2) is 0 Å². The van der Waals surface area contributed by atoms with Crippen LogP contribution in [-0.2, 0) is 25.7 Å². The van der Waals surface area contributed by atoms with E-state index in [1.54, 1.807) is 27.8 Å². The molecule has 2 aromatic rings. The molecule has 0 spiro atoms. The normalized spacial score (nSPS) is 11.5. The lowest BCUT2D eigenvalue weighted by atomic mass is 9.81. The zero-order chi connectivity index (χ0) is 36.5. The van der Waals surface area contributed by atoms with Gasteiger partial charge in [-0.3, -0.25) is 0 Å². The molecular weight excluding hydrogens is 613 g/mol. The summed E-state index contributed by atoms with van der Waals surface area (Å²) in [6.45, 7) is 9.34. The van der Waals surface area contributed by atoms with Crippen molar-refractivity contribution in [3.8, 4) is 11.1 Å². The highest BCUT2D eigenvalue weighted by Gasteiger charge is 2.19. The van der Waals surface area contributed by atoms with E-state index in [0.29, 0.717) is 0 Å². The van der Waals surface area contributed by atoms with E-state index in [2.05, 4.69) is 64.1 Å². The second kappa shape index (κ2) is 33.0. The number of rotatable bonds is 36. The first-order valence-corrected chi connectivity index (χ1v) is 23.5. The standard InChI is InChI=1S/C51H88/c1-5-9-13-17-21-22-23-27-29-34-42-48-45-47(41-33-28-24-18-14-10-6-2)49(43-37-30-25-19-15-11-7-3)50(44-38-31-26-20-16-12-8-4)51(48)46-39-35-32-36-40-46/h32,35-36,39-40,45H,5-31,33-34,37-38,41-44H2,1-4H3. The van der Waals surface area contributed by atoms with Gasteiger partial charge < -0.3 is 0 Å². The summed E-state index contributed by atoms with van der Waals surface area (Å²) >= 11 is 0. The monoisotopic (exact) mass is 701 g/mol. The molecule has 2 aromatic carbocycles. The Labute approximate surface area is 321 Å². The van der Waals surface area contributed by atoms with Crippen molar-refractivity contribution in [1.82, 2.24) is 0 Å². The maximum atomic E-state index is 2.76. The van der Waals surface area contributed by atoms with Crippen LogP contribution >= 0.6 is 0 Å². The van der Waals surface area contributed by atoms with Crippen LogP contribution in [0.25, 0.3) is 11.1 Å². The van der Waals surface area contributed by atoms with Gasteiger partial charge in [-0.15, -0.1) is 0 Å². The quantitative estimate of drug-likeness (QED) is 0.0621. The first kappa shape index (κ1) is 45.6. The van der Waals surface area contributed by atoms with Crippen molar-refractivity contribution in [2.24, 2.45) is 0 Å². The second-order valence-electron chi connectivity index (χ2n) is 16.4. The molecule has 0 nitrogen and oxygen atoms in total. The number of aryl methyl sites for hydroxylation is 2. The van der Waals surface area contributed by atoms with Gasteiger partial charge in [0.25, 0.3) is 0 Å². The van der Waals surface area contributed by atoms with Gasteiger partial charge in [0.2, 0.25) is 0 Å². The van der Waals surface area contributed by atoms with E-state index >= 15 is 0 Å². The van der Waals surface area contributed by atoms with Crippen LogP contribution in [0.2, 0.25) is 0 Å². The zero-order valence-electron chi connectivity index (χ0n) is 35.2. The fraction of sp³-hybridized carbons (Fsp3) is 0.765. The fourth-order valence-corrected chi connectivity index (χ4v) is 8.47.